The number of benzene rings is 1. The molecule has 0 spiro atoms. The molecule has 1 saturated heterocycles. The van der Waals surface area contributed by atoms with E-state index in [-0.39, 0.29) is 22.9 Å². The molecular formula is C22H28N2O3. The van der Waals surface area contributed by atoms with Gasteiger partial charge in [-0.25, -0.2) is 0 Å². The maximum Gasteiger partial charge on any atom is 0.253 e. The second-order valence-electron chi connectivity index (χ2n) is 8.31. The van der Waals surface area contributed by atoms with Crippen molar-refractivity contribution in [2.45, 2.75) is 52.4 Å². The van der Waals surface area contributed by atoms with Crippen LogP contribution < -0.4 is 0 Å². The van der Waals surface area contributed by atoms with Crippen LogP contribution in [-0.4, -0.2) is 41.0 Å². The van der Waals surface area contributed by atoms with Crippen molar-refractivity contribution in [2.75, 3.05) is 13.1 Å². The lowest BCUT2D eigenvalue weighted by atomic mass is 9.77. The van der Waals surface area contributed by atoms with Crippen LogP contribution in [0.25, 0.3) is 0 Å². The van der Waals surface area contributed by atoms with Crippen LogP contribution in [-0.2, 0) is 4.79 Å². The summed E-state index contributed by atoms with van der Waals surface area (Å²) in [7, 11) is 0. The highest BCUT2D eigenvalue weighted by Gasteiger charge is 2.32. The number of allylic oxidation sites excluding steroid dienone is 2. The van der Waals surface area contributed by atoms with Crippen LogP contribution in [0.3, 0.4) is 0 Å². The van der Waals surface area contributed by atoms with Crippen LogP contribution in [0.15, 0.2) is 40.6 Å². The van der Waals surface area contributed by atoms with Gasteiger partial charge in [-0.2, -0.15) is 0 Å². The number of rotatable bonds is 3. The molecule has 0 aromatic heterocycles. The normalized spacial score (nSPS) is 20.8. The van der Waals surface area contributed by atoms with E-state index < -0.39 is 0 Å². The summed E-state index contributed by atoms with van der Waals surface area (Å²) in [4.78, 5) is 31.1. The molecular weight excluding hydrogens is 340 g/mol. The van der Waals surface area contributed by atoms with Crippen LogP contribution >= 0.6 is 0 Å². The van der Waals surface area contributed by atoms with Gasteiger partial charge in [0.1, 0.15) is 5.76 Å². The molecule has 0 saturated carbocycles. The Balaban J connectivity index is 1.69. The van der Waals surface area contributed by atoms with Gasteiger partial charge in [-0.3, -0.25) is 14.6 Å². The minimum Gasteiger partial charge on any atom is -0.511 e. The first kappa shape index (κ1) is 19.3. The molecule has 144 valence electrons. The van der Waals surface area contributed by atoms with Crippen molar-refractivity contribution in [3.63, 3.8) is 0 Å². The number of Topliss-reactive ketones (excluding diaryl/α,β-unsaturated/α-hetero) is 1. The van der Waals surface area contributed by atoms with Gasteiger partial charge in [-0.1, -0.05) is 26.7 Å². The number of amides is 1. The summed E-state index contributed by atoms with van der Waals surface area (Å²) >= 11 is 0. The molecule has 1 amide bonds. The first-order chi connectivity index (χ1) is 12.9. The van der Waals surface area contributed by atoms with E-state index in [9.17, 15) is 14.7 Å². The van der Waals surface area contributed by atoms with E-state index in [1.807, 2.05) is 18.7 Å². The third-order valence-corrected chi connectivity index (χ3v) is 5.25. The van der Waals surface area contributed by atoms with E-state index in [0.717, 1.165) is 25.9 Å². The Labute approximate surface area is 160 Å². The van der Waals surface area contributed by atoms with Gasteiger partial charge in [0.15, 0.2) is 5.78 Å². The second kappa shape index (κ2) is 8.07. The molecule has 27 heavy (non-hydrogen) atoms. The monoisotopic (exact) mass is 368 g/mol. The molecule has 0 unspecified atom stereocenters. The molecule has 1 aromatic carbocycles. The standard InChI is InChI=1S/C22H28N2O3/c1-22(2)13-19(25)18(20(26)14-22)15-23-17-9-7-16(8-10-17)21(27)24-11-5-3-4-6-12-24/h7-10,15,25H,3-6,11-14H2,1-2H3. The number of aliphatic hydroxyl groups is 1. The highest BCUT2D eigenvalue weighted by atomic mass is 16.3. The average Bonchev–Trinajstić information content (AvgIpc) is 2.89. The zero-order valence-electron chi connectivity index (χ0n) is 16.2. The Morgan fingerprint density at radius 1 is 1.07 bits per heavy atom. The van der Waals surface area contributed by atoms with E-state index in [4.69, 9.17) is 0 Å². The van der Waals surface area contributed by atoms with Crippen LogP contribution in [0.1, 0.15) is 62.7 Å². The first-order valence-electron chi connectivity index (χ1n) is 9.74. The van der Waals surface area contributed by atoms with Gasteiger partial charge in [0, 0.05) is 37.7 Å². The summed E-state index contributed by atoms with van der Waals surface area (Å²) in [5.74, 6) is 0.0888. The van der Waals surface area contributed by atoms with Crippen LogP contribution in [0.2, 0.25) is 0 Å². The number of aliphatic imine (C=N–C) groups is 1. The largest absolute Gasteiger partial charge is 0.511 e. The molecule has 0 radical (unpaired) electrons. The summed E-state index contributed by atoms with van der Waals surface area (Å²) in [5.41, 5.74) is 1.39. The molecule has 1 fully saturated rings. The lowest BCUT2D eigenvalue weighted by Crippen LogP contribution is -2.31. The number of aliphatic hydroxyl groups excluding tert-OH is 1. The molecule has 1 N–H and O–H groups in total. The number of hydrogen-bond donors (Lipinski definition) is 1. The van der Waals surface area contributed by atoms with Crippen molar-refractivity contribution in [2.24, 2.45) is 10.4 Å². The molecule has 0 bridgehead atoms. The summed E-state index contributed by atoms with van der Waals surface area (Å²) < 4.78 is 0. The first-order valence-corrected chi connectivity index (χ1v) is 9.74. The van der Waals surface area contributed by atoms with Crippen molar-refractivity contribution in [3.8, 4) is 0 Å². The third kappa shape index (κ3) is 4.85. The number of carbonyl (C=O) groups is 2. The predicted molar refractivity (Wildman–Crippen MR) is 107 cm³/mol. The lowest BCUT2D eigenvalue weighted by Gasteiger charge is -2.28. The fourth-order valence-electron chi connectivity index (χ4n) is 3.73. The van der Waals surface area contributed by atoms with E-state index in [1.165, 1.54) is 19.1 Å². The van der Waals surface area contributed by atoms with E-state index >= 15 is 0 Å². The van der Waals surface area contributed by atoms with Crippen LogP contribution in [0, 0.1) is 5.41 Å². The van der Waals surface area contributed by atoms with Crippen molar-refractivity contribution in [1.29, 1.82) is 0 Å². The quantitative estimate of drug-likeness (QED) is 0.792. The summed E-state index contributed by atoms with van der Waals surface area (Å²) in [6.07, 6.45) is 6.84. The molecule has 5 nitrogen and oxygen atoms in total. The smallest absolute Gasteiger partial charge is 0.253 e. The lowest BCUT2D eigenvalue weighted by molar-refractivity contribution is -0.117. The molecule has 3 rings (SSSR count). The van der Waals surface area contributed by atoms with Gasteiger partial charge in [0.25, 0.3) is 5.91 Å². The Morgan fingerprint density at radius 3 is 2.30 bits per heavy atom. The van der Waals surface area contributed by atoms with Crippen LogP contribution in [0.5, 0.6) is 0 Å². The van der Waals surface area contributed by atoms with Gasteiger partial charge in [0.2, 0.25) is 0 Å². The number of likely N-dealkylation sites (tertiary alicyclic amines) is 1. The summed E-state index contributed by atoms with van der Waals surface area (Å²) in [6, 6.07) is 7.10. The highest BCUT2D eigenvalue weighted by Crippen LogP contribution is 2.35. The van der Waals surface area contributed by atoms with E-state index in [1.54, 1.807) is 24.3 Å². The van der Waals surface area contributed by atoms with Gasteiger partial charge in [0.05, 0.1) is 11.3 Å². The molecule has 1 aliphatic heterocycles. The van der Waals surface area contributed by atoms with Crippen molar-refractivity contribution < 1.29 is 14.7 Å². The SMILES string of the molecule is CC1(C)CC(=O)C(C=Nc2ccc(C(=O)N3CCCCCC3)cc2)=C(O)C1. The van der Waals surface area contributed by atoms with Crippen LogP contribution in [0.4, 0.5) is 5.69 Å². The maximum absolute atomic E-state index is 12.6. The minimum absolute atomic E-state index is 0.0671. The number of ketones is 1. The Hall–Kier alpha value is -2.43. The van der Waals surface area contributed by atoms with E-state index in [2.05, 4.69) is 4.99 Å². The van der Waals surface area contributed by atoms with Gasteiger partial charge >= 0.3 is 0 Å². The van der Waals surface area contributed by atoms with E-state index in [0.29, 0.717) is 29.7 Å². The Morgan fingerprint density at radius 2 is 1.70 bits per heavy atom. The Kier molecular flexibility index (Phi) is 5.78. The zero-order chi connectivity index (χ0) is 19.4. The molecule has 0 atom stereocenters. The van der Waals surface area contributed by atoms with Gasteiger partial charge < -0.3 is 10.0 Å². The minimum atomic E-state index is -0.214. The molecule has 1 aromatic rings. The van der Waals surface area contributed by atoms with Crippen molar-refractivity contribution >= 4 is 23.6 Å². The molecule has 1 heterocycles. The fourth-order valence-corrected chi connectivity index (χ4v) is 3.73. The Bertz CT molecular complexity index is 767. The average molecular weight is 368 g/mol. The maximum atomic E-state index is 12.6. The predicted octanol–water partition coefficient (Wildman–Crippen LogP) is 4.61. The molecule has 5 heteroatoms. The van der Waals surface area contributed by atoms with Gasteiger partial charge in [-0.15, -0.1) is 0 Å². The topological polar surface area (TPSA) is 70.0 Å². The highest BCUT2D eigenvalue weighted by molar-refractivity contribution is 6.14. The molecule has 2 aliphatic rings. The fraction of sp³-hybridized carbons (Fsp3) is 0.500. The zero-order valence-corrected chi connectivity index (χ0v) is 16.2. The number of carbonyl (C=O) groups excluding carboxylic acids is 2. The van der Waals surface area contributed by atoms with Crippen molar-refractivity contribution in [1.82, 2.24) is 4.90 Å². The number of nitrogens with zero attached hydrogens (tertiary/aromatic N) is 2. The van der Waals surface area contributed by atoms with Crippen molar-refractivity contribution in [3.05, 3.63) is 41.2 Å². The second-order valence-corrected chi connectivity index (χ2v) is 8.31. The summed E-state index contributed by atoms with van der Waals surface area (Å²) in [5, 5.41) is 10.2. The number of hydrogen-bond acceptors (Lipinski definition) is 4. The summed E-state index contributed by atoms with van der Waals surface area (Å²) in [6.45, 7) is 5.58. The third-order valence-electron chi connectivity index (χ3n) is 5.25. The molecule has 1 aliphatic carbocycles. The van der Waals surface area contributed by atoms with Gasteiger partial charge in [-0.05, 0) is 42.5 Å².